The van der Waals surface area contributed by atoms with Crippen molar-refractivity contribution in [2.24, 2.45) is 5.84 Å². The number of rotatable bonds is 1. The molecule has 5 heteroatoms. The number of ether oxygens (including phenoxy) is 1. The van der Waals surface area contributed by atoms with E-state index >= 15 is 0 Å². The third-order valence-corrected chi connectivity index (χ3v) is 2.17. The number of hydrogen-bond acceptors (Lipinski definition) is 4. The Hall–Kier alpha value is -0.810. The summed E-state index contributed by atoms with van der Waals surface area (Å²) < 4.78 is 5.17. The smallest absolute Gasteiger partial charge is 0.407 e. The predicted octanol–water partition coefficient (Wildman–Crippen LogP) is 0.849. The lowest BCUT2D eigenvalue weighted by Gasteiger charge is -2.30. The van der Waals surface area contributed by atoms with Gasteiger partial charge in [-0.15, -0.1) is 0 Å². The zero-order valence-corrected chi connectivity index (χ0v) is 9.75. The molecule has 1 aliphatic rings. The van der Waals surface area contributed by atoms with E-state index in [9.17, 15) is 4.79 Å². The summed E-state index contributed by atoms with van der Waals surface area (Å²) in [5.41, 5.74) is -0.443. The predicted molar refractivity (Wildman–Crippen MR) is 58.2 cm³/mol. The molecule has 15 heavy (non-hydrogen) atoms. The monoisotopic (exact) mass is 215 g/mol. The molecule has 0 saturated carbocycles. The van der Waals surface area contributed by atoms with Gasteiger partial charge in [-0.1, -0.05) is 0 Å². The fourth-order valence-corrected chi connectivity index (χ4v) is 1.60. The number of nitrogens with two attached hydrogens (primary N) is 1. The minimum absolute atomic E-state index is 0.110. The van der Waals surface area contributed by atoms with Crippen molar-refractivity contribution >= 4 is 6.09 Å². The molecule has 1 fully saturated rings. The summed E-state index contributed by atoms with van der Waals surface area (Å²) in [4.78, 5) is 11.4. The zero-order valence-electron chi connectivity index (χ0n) is 9.75. The van der Waals surface area contributed by atoms with Crippen molar-refractivity contribution in [3.63, 3.8) is 0 Å². The van der Waals surface area contributed by atoms with Gasteiger partial charge in [-0.25, -0.2) is 9.80 Å². The number of carbonyl (C=O) groups excluding carboxylic acids is 1. The van der Waals surface area contributed by atoms with E-state index in [1.54, 1.807) is 5.01 Å². The molecular weight excluding hydrogens is 194 g/mol. The molecule has 1 atom stereocenters. The molecule has 3 N–H and O–H groups in total. The highest BCUT2D eigenvalue weighted by atomic mass is 16.6. The van der Waals surface area contributed by atoms with Gasteiger partial charge in [-0.05, 0) is 33.6 Å². The lowest BCUT2D eigenvalue weighted by molar-refractivity contribution is 0.0473. The van der Waals surface area contributed by atoms with E-state index < -0.39 is 5.60 Å². The Balaban J connectivity index is 2.31. The average molecular weight is 215 g/mol. The summed E-state index contributed by atoms with van der Waals surface area (Å²) in [6, 6.07) is 0.110. The van der Waals surface area contributed by atoms with Crippen molar-refractivity contribution < 1.29 is 9.53 Å². The van der Waals surface area contributed by atoms with Gasteiger partial charge in [0.25, 0.3) is 0 Å². The van der Waals surface area contributed by atoms with Crippen LogP contribution in [0.15, 0.2) is 0 Å². The van der Waals surface area contributed by atoms with E-state index in [0.29, 0.717) is 6.54 Å². The van der Waals surface area contributed by atoms with E-state index in [1.807, 2.05) is 20.8 Å². The molecule has 1 saturated heterocycles. The number of amides is 1. The van der Waals surface area contributed by atoms with Crippen LogP contribution in [0.1, 0.15) is 33.6 Å². The summed E-state index contributed by atoms with van der Waals surface area (Å²) in [6.07, 6.45) is 1.62. The van der Waals surface area contributed by atoms with Crippen LogP contribution >= 0.6 is 0 Å². The quantitative estimate of drug-likeness (QED) is 0.636. The average Bonchev–Trinajstić information content (AvgIpc) is 1.99. The normalized spacial score (nSPS) is 23.6. The number of hydrazine groups is 1. The second-order valence-corrected chi connectivity index (χ2v) is 4.98. The molecular formula is C10H21N3O2. The zero-order chi connectivity index (χ0) is 11.5. The summed E-state index contributed by atoms with van der Waals surface area (Å²) in [7, 11) is 0. The molecule has 0 bridgehead atoms. The maximum absolute atomic E-state index is 11.4. The number of nitrogens with zero attached hydrogens (tertiary/aromatic N) is 1. The highest BCUT2D eigenvalue weighted by Gasteiger charge is 2.22. The molecule has 0 spiro atoms. The number of alkyl carbamates (subject to hydrolysis) is 1. The fraction of sp³-hybridized carbons (Fsp3) is 0.900. The number of piperidine rings is 1. The first-order chi connectivity index (χ1) is 6.87. The molecule has 0 aromatic rings. The maximum atomic E-state index is 11.4. The van der Waals surface area contributed by atoms with Crippen molar-refractivity contribution in [1.82, 2.24) is 10.3 Å². The number of carbonyl (C=O) groups is 1. The van der Waals surface area contributed by atoms with Crippen LogP contribution in [0.25, 0.3) is 0 Å². The Kier molecular flexibility index (Phi) is 3.93. The first-order valence-corrected chi connectivity index (χ1v) is 5.36. The molecule has 1 rings (SSSR count). The van der Waals surface area contributed by atoms with Gasteiger partial charge in [0, 0.05) is 19.1 Å². The van der Waals surface area contributed by atoms with Crippen LogP contribution in [0.3, 0.4) is 0 Å². The van der Waals surface area contributed by atoms with Gasteiger partial charge in [0.05, 0.1) is 0 Å². The van der Waals surface area contributed by atoms with Gasteiger partial charge in [0.15, 0.2) is 0 Å². The number of hydrogen-bond donors (Lipinski definition) is 2. The Morgan fingerprint density at radius 2 is 2.20 bits per heavy atom. The second-order valence-electron chi connectivity index (χ2n) is 4.98. The summed E-state index contributed by atoms with van der Waals surface area (Å²) in [5.74, 6) is 5.67. The van der Waals surface area contributed by atoms with Crippen molar-refractivity contribution in [2.75, 3.05) is 13.1 Å². The minimum Gasteiger partial charge on any atom is -0.444 e. The largest absolute Gasteiger partial charge is 0.444 e. The standard InChI is InChI=1S/C10H21N3O2/c1-10(2,3)15-9(14)12-8-5-4-6-13(11)7-8/h8H,4-7,11H2,1-3H3,(H,12,14)/t8-/m1/s1. The van der Waals surface area contributed by atoms with E-state index in [4.69, 9.17) is 10.6 Å². The highest BCUT2D eigenvalue weighted by molar-refractivity contribution is 5.68. The van der Waals surface area contributed by atoms with Gasteiger partial charge in [0.1, 0.15) is 5.60 Å². The van der Waals surface area contributed by atoms with Crippen LogP contribution in [-0.2, 0) is 4.74 Å². The van der Waals surface area contributed by atoms with Gasteiger partial charge in [-0.2, -0.15) is 0 Å². The molecule has 88 valence electrons. The van der Waals surface area contributed by atoms with E-state index in [0.717, 1.165) is 19.4 Å². The molecule has 1 amide bonds. The van der Waals surface area contributed by atoms with E-state index in [1.165, 1.54) is 0 Å². The molecule has 1 aliphatic heterocycles. The van der Waals surface area contributed by atoms with Gasteiger partial charge < -0.3 is 10.1 Å². The van der Waals surface area contributed by atoms with Crippen LogP contribution in [-0.4, -0.2) is 35.8 Å². The first-order valence-electron chi connectivity index (χ1n) is 5.36. The van der Waals surface area contributed by atoms with Crippen molar-refractivity contribution in [1.29, 1.82) is 0 Å². The van der Waals surface area contributed by atoms with Crippen LogP contribution in [0, 0.1) is 0 Å². The summed E-state index contributed by atoms with van der Waals surface area (Å²) >= 11 is 0. The third kappa shape index (κ3) is 4.99. The molecule has 0 radical (unpaired) electrons. The SMILES string of the molecule is CC(C)(C)OC(=O)N[C@@H]1CCCN(N)C1. The van der Waals surface area contributed by atoms with Crippen molar-refractivity contribution in [3.05, 3.63) is 0 Å². The van der Waals surface area contributed by atoms with Gasteiger partial charge in [-0.3, -0.25) is 5.84 Å². The van der Waals surface area contributed by atoms with Gasteiger partial charge >= 0.3 is 6.09 Å². The lowest BCUT2D eigenvalue weighted by Crippen LogP contribution is -2.51. The summed E-state index contributed by atoms with van der Waals surface area (Å²) in [6.45, 7) is 7.14. The van der Waals surface area contributed by atoms with Crippen LogP contribution in [0.5, 0.6) is 0 Å². The maximum Gasteiger partial charge on any atom is 0.407 e. The molecule has 1 heterocycles. The second kappa shape index (κ2) is 4.81. The lowest BCUT2D eigenvalue weighted by atomic mass is 10.1. The van der Waals surface area contributed by atoms with Crippen molar-refractivity contribution in [3.8, 4) is 0 Å². The van der Waals surface area contributed by atoms with E-state index in [2.05, 4.69) is 5.32 Å². The molecule has 0 unspecified atom stereocenters. The molecule has 0 aliphatic carbocycles. The Labute approximate surface area is 90.9 Å². The van der Waals surface area contributed by atoms with Crippen LogP contribution < -0.4 is 11.2 Å². The molecule has 0 aromatic carbocycles. The molecule has 0 aromatic heterocycles. The summed E-state index contributed by atoms with van der Waals surface area (Å²) in [5, 5.41) is 4.55. The highest BCUT2D eigenvalue weighted by Crippen LogP contribution is 2.10. The minimum atomic E-state index is -0.443. The van der Waals surface area contributed by atoms with Crippen LogP contribution in [0.4, 0.5) is 4.79 Å². The number of nitrogens with one attached hydrogen (secondary N) is 1. The topological polar surface area (TPSA) is 67.6 Å². The van der Waals surface area contributed by atoms with Gasteiger partial charge in [0.2, 0.25) is 0 Å². The Morgan fingerprint density at radius 1 is 1.53 bits per heavy atom. The Morgan fingerprint density at radius 3 is 2.73 bits per heavy atom. The van der Waals surface area contributed by atoms with Crippen LogP contribution in [0.2, 0.25) is 0 Å². The van der Waals surface area contributed by atoms with Crippen molar-refractivity contribution in [2.45, 2.75) is 45.3 Å². The third-order valence-electron chi connectivity index (χ3n) is 2.17. The Bertz CT molecular complexity index is 225. The molecule has 5 nitrogen and oxygen atoms in total. The first kappa shape index (κ1) is 12.3. The fourth-order valence-electron chi connectivity index (χ4n) is 1.60. The van der Waals surface area contributed by atoms with E-state index in [-0.39, 0.29) is 12.1 Å².